The molecule has 0 saturated carbocycles. The lowest BCUT2D eigenvalue weighted by molar-refractivity contribution is 0.147. The summed E-state index contributed by atoms with van der Waals surface area (Å²) in [7, 11) is 0. The topological polar surface area (TPSA) is 33.1 Å². The summed E-state index contributed by atoms with van der Waals surface area (Å²) in [6.45, 7) is 3.43. The maximum Gasteiger partial charge on any atom is 0.0507 e. The van der Waals surface area contributed by atoms with E-state index in [4.69, 9.17) is 10.1 Å². The number of rotatable bonds is 1. The fourth-order valence-corrected chi connectivity index (χ4v) is 1.04. The largest absolute Gasteiger partial charge is 0.381 e. The zero-order chi connectivity index (χ0) is 7.40. The van der Waals surface area contributed by atoms with Crippen LogP contribution >= 0.6 is 0 Å². The molecule has 0 fully saturated rings. The van der Waals surface area contributed by atoms with Crippen molar-refractivity contribution < 1.29 is 4.74 Å². The van der Waals surface area contributed by atoms with Crippen LogP contribution in [0.5, 0.6) is 0 Å². The van der Waals surface area contributed by atoms with E-state index < -0.39 is 0 Å². The third kappa shape index (κ3) is 1.95. The van der Waals surface area contributed by atoms with Crippen LogP contribution in [0.1, 0.15) is 19.8 Å². The lowest BCUT2D eigenvalue weighted by Crippen LogP contribution is -1.97. The molecule has 56 valence electrons. The summed E-state index contributed by atoms with van der Waals surface area (Å²) in [6, 6.07) is 0. The van der Waals surface area contributed by atoms with E-state index in [2.05, 4.69) is 6.08 Å². The zero-order valence-corrected chi connectivity index (χ0v) is 6.31. The molecule has 0 aromatic rings. The van der Waals surface area contributed by atoms with E-state index in [0.29, 0.717) is 5.71 Å². The highest BCUT2D eigenvalue weighted by Gasteiger charge is 2.02. The van der Waals surface area contributed by atoms with Gasteiger partial charge in [0.25, 0.3) is 0 Å². The van der Waals surface area contributed by atoms with Gasteiger partial charge in [-0.3, -0.25) is 0 Å². The smallest absolute Gasteiger partial charge is 0.0507 e. The highest BCUT2D eigenvalue weighted by Crippen LogP contribution is 2.08. The van der Waals surface area contributed by atoms with Gasteiger partial charge in [0.15, 0.2) is 0 Å². The lowest BCUT2D eigenvalue weighted by Gasteiger charge is -1.99. The minimum absolute atomic E-state index is 0.686. The molecule has 1 aliphatic rings. The molecule has 0 aromatic carbocycles. The molecule has 1 heterocycles. The standard InChI is InChI=1S/C8H13NO/c1-7(9)8-3-2-5-10-6-4-8/h3,9H,2,4-6H2,1H3. The quantitative estimate of drug-likeness (QED) is 0.552. The van der Waals surface area contributed by atoms with Crippen LogP contribution in [0.2, 0.25) is 0 Å². The van der Waals surface area contributed by atoms with Crippen molar-refractivity contribution in [2.75, 3.05) is 13.2 Å². The number of hydrogen-bond acceptors (Lipinski definition) is 2. The van der Waals surface area contributed by atoms with E-state index in [-0.39, 0.29) is 0 Å². The Hall–Kier alpha value is -0.630. The molecular formula is C8H13NO. The molecule has 0 amide bonds. The summed E-state index contributed by atoms with van der Waals surface area (Å²) >= 11 is 0. The predicted molar refractivity (Wildman–Crippen MR) is 41.5 cm³/mol. The first-order valence-electron chi connectivity index (χ1n) is 3.63. The zero-order valence-electron chi connectivity index (χ0n) is 6.31. The highest BCUT2D eigenvalue weighted by atomic mass is 16.5. The Morgan fingerprint density at radius 1 is 1.60 bits per heavy atom. The average Bonchev–Trinajstić information content (AvgIpc) is 2.12. The van der Waals surface area contributed by atoms with Crippen LogP contribution < -0.4 is 0 Å². The molecular weight excluding hydrogens is 126 g/mol. The van der Waals surface area contributed by atoms with Crippen molar-refractivity contribution in [1.29, 1.82) is 5.41 Å². The summed E-state index contributed by atoms with van der Waals surface area (Å²) in [5.41, 5.74) is 1.84. The predicted octanol–water partition coefficient (Wildman–Crippen LogP) is 1.76. The van der Waals surface area contributed by atoms with Crippen molar-refractivity contribution in [3.8, 4) is 0 Å². The van der Waals surface area contributed by atoms with Crippen LogP contribution in [0.3, 0.4) is 0 Å². The molecule has 0 spiro atoms. The Morgan fingerprint density at radius 3 is 3.10 bits per heavy atom. The second-order valence-electron chi connectivity index (χ2n) is 2.51. The van der Waals surface area contributed by atoms with Gasteiger partial charge in [-0.15, -0.1) is 0 Å². The average molecular weight is 139 g/mol. The van der Waals surface area contributed by atoms with Gasteiger partial charge in [-0.25, -0.2) is 0 Å². The van der Waals surface area contributed by atoms with Gasteiger partial charge in [0.2, 0.25) is 0 Å². The first-order valence-corrected chi connectivity index (χ1v) is 3.63. The fraction of sp³-hybridized carbons (Fsp3) is 0.625. The first-order chi connectivity index (χ1) is 4.80. The second-order valence-corrected chi connectivity index (χ2v) is 2.51. The van der Waals surface area contributed by atoms with Crippen molar-refractivity contribution in [2.45, 2.75) is 19.8 Å². The van der Waals surface area contributed by atoms with Gasteiger partial charge in [-0.1, -0.05) is 6.08 Å². The Balaban J connectivity index is 2.54. The van der Waals surface area contributed by atoms with Gasteiger partial charge in [0.1, 0.15) is 0 Å². The maximum absolute atomic E-state index is 7.36. The Morgan fingerprint density at radius 2 is 2.40 bits per heavy atom. The van der Waals surface area contributed by atoms with Gasteiger partial charge >= 0.3 is 0 Å². The van der Waals surface area contributed by atoms with Crippen LogP contribution in [0, 0.1) is 5.41 Å². The van der Waals surface area contributed by atoms with E-state index in [1.807, 2.05) is 6.92 Å². The minimum Gasteiger partial charge on any atom is -0.381 e. The van der Waals surface area contributed by atoms with Gasteiger partial charge in [0.05, 0.1) is 13.2 Å². The number of nitrogens with one attached hydrogen (secondary N) is 1. The van der Waals surface area contributed by atoms with Crippen molar-refractivity contribution in [3.63, 3.8) is 0 Å². The first kappa shape index (κ1) is 7.48. The molecule has 0 unspecified atom stereocenters. The van der Waals surface area contributed by atoms with Crippen LogP contribution in [-0.4, -0.2) is 18.9 Å². The summed E-state index contributed by atoms with van der Waals surface area (Å²) in [5.74, 6) is 0. The molecule has 1 N–H and O–H groups in total. The molecule has 0 aromatic heterocycles. The Bertz CT molecular complexity index is 161. The van der Waals surface area contributed by atoms with E-state index in [0.717, 1.165) is 31.6 Å². The molecule has 0 radical (unpaired) electrons. The summed E-state index contributed by atoms with van der Waals surface area (Å²) in [5, 5.41) is 7.36. The third-order valence-electron chi connectivity index (χ3n) is 1.65. The van der Waals surface area contributed by atoms with Gasteiger partial charge in [-0.05, 0) is 25.3 Å². The second kappa shape index (κ2) is 3.52. The molecule has 0 atom stereocenters. The lowest BCUT2D eigenvalue weighted by atomic mass is 10.1. The van der Waals surface area contributed by atoms with E-state index in [9.17, 15) is 0 Å². The monoisotopic (exact) mass is 139 g/mol. The number of hydrogen-bond donors (Lipinski definition) is 1. The normalized spacial score (nSPS) is 19.5. The van der Waals surface area contributed by atoms with Gasteiger partial charge < -0.3 is 10.1 Å². The summed E-state index contributed by atoms with van der Waals surface area (Å²) < 4.78 is 5.23. The SMILES string of the molecule is CC(=N)C1=CCCOCC1. The highest BCUT2D eigenvalue weighted by molar-refractivity contribution is 5.95. The summed E-state index contributed by atoms with van der Waals surface area (Å²) in [4.78, 5) is 0. The van der Waals surface area contributed by atoms with E-state index in [1.165, 1.54) is 0 Å². The van der Waals surface area contributed by atoms with Crippen molar-refractivity contribution in [2.24, 2.45) is 0 Å². The molecule has 1 rings (SSSR count). The minimum atomic E-state index is 0.686. The van der Waals surface area contributed by atoms with E-state index in [1.54, 1.807) is 0 Å². The van der Waals surface area contributed by atoms with Gasteiger partial charge in [0, 0.05) is 5.71 Å². The van der Waals surface area contributed by atoms with E-state index >= 15 is 0 Å². The Kier molecular flexibility index (Phi) is 2.63. The van der Waals surface area contributed by atoms with Crippen LogP contribution in [0.15, 0.2) is 11.6 Å². The molecule has 1 aliphatic heterocycles. The number of ether oxygens (including phenoxy) is 1. The van der Waals surface area contributed by atoms with Crippen LogP contribution in [0.25, 0.3) is 0 Å². The van der Waals surface area contributed by atoms with Crippen LogP contribution in [0.4, 0.5) is 0 Å². The fourth-order valence-electron chi connectivity index (χ4n) is 1.04. The molecule has 0 bridgehead atoms. The maximum atomic E-state index is 7.36. The molecule has 2 heteroatoms. The van der Waals surface area contributed by atoms with Crippen LogP contribution in [-0.2, 0) is 4.74 Å². The molecule has 10 heavy (non-hydrogen) atoms. The van der Waals surface area contributed by atoms with Crippen molar-refractivity contribution in [1.82, 2.24) is 0 Å². The molecule has 0 aliphatic carbocycles. The third-order valence-corrected chi connectivity index (χ3v) is 1.65. The van der Waals surface area contributed by atoms with Gasteiger partial charge in [-0.2, -0.15) is 0 Å². The van der Waals surface area contributed by atoms with Crippen molar-refractivity contribution in [3.05, 3.63) is 11.6 Å². The Labute approximate surface area is 61.4 Å². The molecule has 0 saturated heterocycles. The van der Waals surface area contributed by atoms with Crippen molar-refractivity contribution >= 4 is 5.71 Å². The summed E-state index contributed by atoms with van der Waals surface area (Å²) in [6.07, 6.45) is 3.98. The molecule has 2 nitrogen and oxygen atoms in total.